The van der Waals surface area contributed by atoms with E-state index in [1.807, 2.05) is 11.6 Å². The zero-order valence-electron chi connectivity index (χ0n) is 11.9. The van der Waals surface area contributed by atoms with Crippen molar-refractivity contribution < 1.29 is 4.52 Å². The summed E-state index contributed by atoms with van der Waals surface area (Å²) in [5, 5.41) is 7.43. The highest BCUT2D eigenvalue weighted by molar-refractivity contribution is 7.09. The van der Waals surface area contributed by atoms with Gasteiger partial charge in [-0.25, -0.2) is 4.98 Å². The van der Waals surface area contributed by atoms with E-state index in [9.17, 15) is 0 Å². The molecule has 0 amide bonds. The molecule has 20 heavy (non-hydrogen) atoms. The molecule has 4 nitrogen and oxygen atoms in total. The summed E-state index contributed by atoms with van der Waals surface area (Å²) in [6.45, 7) is 1.65. The Balaban J connectivity index is 1.56. The van der Waals surface area contributed by atoms with E-state index < -0.39 is 0 Å². The molecule has 0 bridgehead atoms. The van der Waals surface area contributed by atoms with Crippen molar-refractivity contribution in [3.05, 3.63) is 34.1 Å². The van der Waals surface area contributed by atoms with E-state index >= 15 is 0 Å². The molecule has 1 fully saturated rings. The second-order valence-electron chi connectivity index (χ2n) is 5.65. The first-order valence-electron chi connectivity index (χ1n) is 7.33. The van der Waals surface area contributed by atoms with Crippen LogP contribution in [-0.2, 0) is 13.1 Å². The summed E-state index contributed by atoms with van der Waals surface area (Å²) in [7, 11) is 2.09. The van der Waals surface area contributed by atoms with Gasteiger partial charge in [0, 0.05) is 23.6 Å². The Bertz CT molecular complexity index is 517. The highest BCUT2D eigenvalue weighted by Crippen LogP contribution is 2.32. The molecule has 2 heterocycles. The van der Waals surface area contributed by atoms with Gasteiger partial charge in [0.2, 0.25) is 0 Å². The van der Waals surface area contributed by atoms with Crippen LogP contribution < -0.4 is 0 Å². The molecule has 2 aromatic rings. The lowest BCUT2D eigenvalue weighted by molar-refractivity contribution is 0.264. The number of hydrogen-bond acceptors (Lipinski definition) is 5. The summed E-state index contributed by atoms with van der Waals surface area (Å²) in [5.41, 5.74) is 1.15. The van der Waals surface area contributed by atoms with Crippen molar-refractivity contribution in [3.8, 4) is 0 Å². The molecular weight excluding hydrogens is 270 g/mol. The van der Waals surface area contributed by atoms with E-state index in [1.54, 1.807) is 11.3 Å². The zero-order valence-corrected chi connectivity index (χ0v) is 12.7. The van der Waals surface area contributed by atoms with Gasteiger partial charge in [-0.2, -0.15) is 0 Å². The maximum absolute atomic E-state index is 5.50. The van der Waals surface area contributed by atoms with Gasteiger partial charge in [-0.15, -0.1) is 11.3 Å². The molecule has 2 aromatic heterocycles. The first-order valence-corrected chi connectivity index (χ1v) is 8.21. The molecule has 0 aliphatic heterocycles. The molecule has 0 saturated heterocycles. The van der Waals surface area contributed by atoms with E-state index in [0.717, 1.165) is 29.6 Å². The smallest absolute Gasteiger partial charge is 0.150 e. The molecular formula is C15H21N3OS. The summed E-state index contributed by atoms with van der Waals surface area (Å²) in [5.74, 6) is 1.58. The minimum atomic E-state index is 0.616. The Hall–Kier alpha value is -1.20. The molecule has 108 valence electrons. The van der Waals surface area contributed by atoms with E-state index in [1.165, 1.54) is 32.1 Å². The molecule has 5 heteroatoms. The second-order valence-corrected chi connectivity index (χ2v) is 6.63. The van der Waals surface area contributed by atoms with Crippen LogP contribution in [0.5, 0.6) is 0 Å². The van der Waals surface area contributed by atoms with Crippen LogP contribution in [0.1, 0.15) is 54.5 Å². The van der Waals surface area contributed by atoms with Gasteiger partial charge in [-0.3, -0.25) is 4.90 Å². The number of aromatic nitrogens is 2. The third-order valence-corrected chi connectivity index (χ3v) is 4.68. The van der Waals surface area contributed by atoms with Gasteiger partial charge < -0.3 is 4.52 Å². The fourth-order valence-electron chi connectivity index (χ4n) is 2.88. The van der Waals surface area contributed by atoms with E-state index in [0.29, 0.717) is 5.92 Å². The summed E-state index contributed by atoms with van der Waals surface area (Å²) >= 11 is 1.69. The van der Waals surface area contributed by atoms with Crippen molar-refractivity contribution >= 4 is 11.3 Å². The Labute approximate surface area is 123 Å². The molecule has 1 aliphatic carbocycles. The third-order valence-electron chi connectivity index (χ3n) is 3.92. The van der Waals surface area contributed by atoms with Crippen LogP contribution in [0.15, 0.2) is 22.2 Å². The van der Waals surface area contributed by atoms with Crippen LogP contribution in [0.4, 0.5) is 0 Å². The fourth-order valence-corrected chi connectivity index (χ4v) is 3.57. The number of hydrogen-bond donors (Lipinski definition) is 0. The molecule has 3 rings (SSSR count). The molecule has 0 aromatic carbocycles. The van der Waals surface area contributed by atoms with Crippen molar-refractivity contribution in [1.82, 2.24) is 15.0 Å². The maximum Gasteiger partial charge on any atom is 0.150 e. The SMILES string of the molecule is CN(Cc1cc(C2CCCCC2)no1)Cc1nccs1. The lowest BCUT2D eigenvalue weighted by atomic mass is 9.87. The molecule has 0 atom stereocenters. The summed E-state index contributed by atoms with van der Waals surface area (Å²) in [4.78, 5) is 6.52. The Kier molecular flexibility index (Phi) is 4.47. The Morgan fingerprint density at radius 1 is 1.30 bits per heavy atom. The predicted octanol–water partition coefficient (Wildman–Crippen LogP) is 3.81. The first kappa shape index (κ1) is 13.8. The van der Waals surface area contributed by atoms with E-state index in [-0.39, 0.29) is 0 Å². The summed E-state index contributed by atoms with van der Waals surface area (Å²) in [6, 6.07) is 2.15. The summed E-state index contributed by atoms with van der Waals surface area (Å²) < 4.78 is 5.50. The van der Waals surface area contributed by atoms with E-state index in [4.69, 9.17) is 4.52 Å². The highest BCUT2D eigenvalue weighted by atomic mass is 32.1. The number of thiazole rings is 1. The van der Waals surface area contributed by atoms with Gasteiger partial charge in [0.05, 0.1) is 18.8 Å². The highest BCUT2D eigenvalue weighted by Gasteiger charge is 2.19. The van der Waals surface area contributed by atoms with Crippen LogP contribution in [0.3, 0.4) is 0 Å². The Morgan fingerprint density at radius 2 is 2.15 bits per heavy atom. The second kappa shape index (κ2) is 6.50. The molecule has 0 unspecified atom stereocenters. The maximum atomic E-state index is 5.50. The quantitative estimate of drug-likeness (QED) is 0.840. The third kappa shape index (κ3) is 3.46. The van der Waals surface area contributed by atoms with Gasteiger partial charge in [0.25, 0.3) is 0 Å². The molecule has 0 N–H and O–H groups in total. The molecule has 0 radical (unpaired) electrons. The standard InChI is InChI=1S/C15H21N3OS/c1-18(11-15-16-7-8-20-15)10-13-9-14(17-19-13)12-5-3-2-4-6-12/h7-9,12H,2-6,10-11H2,1H3. The van der Waals surface area contributed by atoms with Crippen LogP contribution >= 0.6 is 11.3 Å². The molecule has 1 aliphatic rings. The average molecular weight is 291 g/mol. The average Bonchev–Trinajstić information content (AvgIpc) is 3.11. The topological polar surface area (TPSA) is 42.2 Å². The van der Waals surface area contributed by atoms with Gasteiger partial charge in [-0.05, 0) is 19.9 Å². The normalized spacial score (nSPS) is 16.9. The van der Waals surface area contributed by atoms with Gasteiger partial charge in [-0.1, -0.05) is 24.4 Å². The van der Waals surface area contributed by atoms with Crippen LogP contribution in [0.2, 0.25) is 0 Å². The summed E-state index contributed by atoms with van der Waals surface area (Å²) in [6.07, 6.45) is 8.41. The van der Waals surface area contributed by atoms with Crippen molar-refractivity contribution in [1.29, 1.82) is 0 Å². The Morgan fingerprint density at radius 3 is 2.90 bits per heavy atom. The van der Waals surface area contributed by atoms with Crippen molar-refractivity contribution in [2.75, 3.05) is 7.05 Å². The van der Waals surface area contributed by atoms with Crippen LogP contribution in [0, 0.1) is 0 Å². The van der Waals surface area contributed by atoms with Crippen LogP contribution in [0.25, 0.3) is 0 Å². The monoisotopic (exact) mass is 291 g/mol. The minimum Gasteiger partial charge on any atom is -0.360 e. The van der Waals surface area contributed by atoms with Gasteiger partial charge >= 0.3 is 0 Å². The largest absolute Gasteiger partial charge is 0.360 e. The number of rotatable bonds is 5. The van der Waals surface area contributed by atoms with Crippen molar-refractivity contribution in [3.63, 3.8) is 0 Å². The zero-order chi connectivity index (χ0) is 13.8. The van der Waals surface area contributed by atoms with E-state index in [2.05, 4.69) is 28.2 Å². The predicted molar refractivity (Wildman–Crippen MR) is 79.6 cm³/mol. The first-order chi connectivity index (χ1) is 9.81. The van der Waals surface area contributed by atoms with Crippen molar-refractivity contribution in [2.24, 2.45) is 0 Å². The number of nitrogens with zero attached hydrogens (tertiary/aromatic N) is 3. The lowest BCUT2D eigenvalue weighted by Crippen LogP contribution is -2.16. The fraction of sp³-hybridized carbons (Fsp3) is 0.600. The van der Waals surface area contributed by atoms with Gasteiger partial charge in [0.1, 0.15) is 5.01 Å². The van der Waals surface area contributed by atoms with Crippen molar-refractivity contribution in [2.45, 2.75) is 51.1 Å². The van der Waals surface area contributed by atoms with Gasteiger partial charge in [0.15, 0.2) is 5.76 Å². The van der Waals surface area contributed by atoms with Crippen LogP contribution in [-0.4, -0.2) is 22.1 Å². The lowest BCUT2D eigenvalue weighted by Gasteiger charge is -2.18. The minimum absolute atomic E-state index is 0.616. The molecule has 1 saturated carbocycles. The molecule has 0 spiro atoms.